The van der Waals surface area contributed by atoms with Crippen molar-refractivity contribution in [1.29, 1.82) is 0 Å². The largest absolute Gasteiger partial charge is 0.410 e. The van der Waals surface area contributed by atoms with Crippen LogP contribution in [0.3, 0.4) is 0 Å². The van der Waals surface area contributed by atoms with Crippen LogP contribution in [0.1, 0.15) is 13.3 Å². The zero-order valence-corrected chi connectivity index (χ0v) is 6.80. The van der Waals surface area contributed by atoms with Crippen molar-refractivity contribution in [3.05, 3.63) is 12.7 Å². The molecule has 0 amide bonds. The second-order valence-corrected chi connectivity index (χ2v) is 5.10. The minimum atomic E-state index is -2.82. The van der Waals surface area contributed by atoms with E-state index in [1.807, 2.05) is 6.92 Å². The summed E-state index contributed by atoms with van der Waals surface area (Å²) in [4.78, 5) is 18.3. The molecule has 0 bridgehead atoms. The molecule has 0 unspecified atom stereocenters. The molecule has 0 spiro atoms. The highest BCUT2D eigenvalue weighted by atomic mass is 28.4. The maximum Gasteiger partial charge on any atom is 0.336 e. The second kappa shape index (κ2) is 3.82. The zero-order valence-electron chi connectivity index (χ0n) is 5.80. The highest BCUT2D eigenvalue weighted by Crippen LogP contribution is 2.09. The Balaban J connectivity index is 3.55. The Bertz CT molecular complexity index is 91.1. The van der Waals surface area contributed by atoms with Gasteiger partial charge in [-0.15, -0.1) is 6.58 Å². The van der Waals surface area contributed by atoms with E-state index >= 15 is 0 Å². The molecule has 0 aliphatic carbocycles. The van der Waals surface area contributed by atoms with Gasteiger partial charge in [0, 0.05) is 6.04 Å². The summed E-state index contributed by atoms with van der Waals surface area (Å²) < 4.78 is 0. The molecule has 0 radical (unpaired) electrons. The van der Waals surface area contributed by atoms with E-state index in [2.05, 4.69) is 6.58 Å². The van der Waals surface area contributed by atoms with Gasteiger partial charge in [0.15, 0.2) is 0 Å². The van der Waals surface area contributed by atoms with Gasteiger partial charge in [-0.2, -0.15) is 0 Å². The van der Waals surface area contributed by atoms with E-state index in [0.29, 0.717) is 12.1 Å². The van der Waals surface area contributed by atoms with Crippen LogP contribution in [0.5, 0.6) is 0 Å². The van der Waals surface area contributed by atoms with Crippen LogP contribution in [0.15, 0.2) is 12.7 Å². The quantitative estimate of drug-likeness (QED) is 0.459. The predicted molar refractivity (Wildman–Crippen MR) is 40.3 cm³/mol. The molecule has 0 aliphatic rings. The van der Waals surface area contributed by atoms with Crippen LogP contribution in [-0.2, 0) is 0 Å². The van der Waals surface area contributed by atoms with Gasteiger partial charge in [-0.1, -0.05) is 19.4 Å². The molecule has 0 saturated carbocycles. The minimum Gasteiger partial charge on any atom is -0.410 e. The molecule has 0 aromatic rings. The lowest BCUT2D eigenvalue weighted by Crippen LogP contribution is -2.32. The van der Waals surface area contributed by atoms with E-state index in [-0.39, 0.29) is 0 Å². The molecule has 0 saturated heterocycles. The van der Waals surface area contributed by atoms with Crippen LogP contribution >= 0.6 is 0 Å². The fraction of sp³-hybridized carbons (Fsp3) is 0.667. The molecule has 0 aromatic carbocycles. The zero-order chi connectivity index (χ0) is 7.33. The first kappa shape index (κ1) is 8.88. The van der Waals surface area contributed by atoms with Crippen LogP contribution in [0.2, 0.25) is 12.1 Å². The molecule has 2 N–H and O–H groups in total. The normalized spacial score (nSPS) is 11.4. The van der Waals surface area contributed by atoms with Gasteiger partial charge in [0.05, 0.1) is 0 Å². The van der Waals surface area contributed by atoms with Crippen molar-refractivity contribution in [2.75, 3.05) is 0 Å². The summed E-state index contributed by atoms with van der Waals surface area (Å²) in [7, 11) is -2.82. The lowest BCUT2D eigenvalue weighted by molar-refractivity contribution is 0.362. The molecular weight excluding hydrogens is 132 g/mol. The second-order valence-electron chi connectivity index (χ2n) is 2.23. The average molecular weight is 146 g/mol. The Morgan fingerprint density at radius 2 is 2.11 bits per heavy atom. The Labute approximate surface area is 57.1 Å². The molecule has 9 heavy (non-hydrogen) atoms. The summed E-state index contributed by atoms with van der Waals surface area (Å²) in [6, 6.07) is 0.944. The fourth-order valence-corrected chi connectivity index (χ4v) is 2.20. The van der Waals surface area contributed by atoms with E-state index in [0.717, 1.165) is 6.42 Å². The van der Waals surface area contributed by atoms with E-state index in [1.54, 1.807) is 6.08 Å². The molecule has 0 atom stereocenters. The summed E-state index contributed by atoms with van der Waals surface area (Å²) in [6.07, 6.45) is 2.41. The summed E-state index contributed by atoms with van der Waals surface area (Å²) in [5, 5.41) is 0. The SMILES string of the molecule is C=CC[Si](O)(O)CCC. The summed E-state index contributed by atoms with van der Waals surface area (Å²) in [5.74, 6) is 0. The summed E-state index contributed by atoms with van der Waals surface area (Å²) in [6.45, 7) is 5.38. The van der Waals surface area contributed by atoms with Gasteiger partial charge in [-0.05, 0) is 6.04 Å². The first-order valence-corrected chi connectivity index (χ1v) is 5.49. The lowest BCUT2D eigenvalue weighted by atomic mass is 10.6. The van der Waals surface area contributed by atoms with Crippen molar-refractivity contribution < 1.29 is 9.59 Å². The van der Waals surface area contributed by atoms with E-state index in [4.69, 9.17) is 9.59 Å². The van der Waals surface area contributed by atoms with E-state index < -0.39 is 8.56 Å². The number of hydrogen-bond donors (Lipinski definition) is 2. The third kappa shape index (κ3) is 4.38. The van der Waals surface area contributed by atoms with Gasteiger partial charge in [0.1, 0.15) is 0 Å². The Morgan fingerprint density at radius 3 is 2.44 bits per heavy atom. The molecule has 0 heterocycles. The third-order valence-electron chi connectivity index (χ3n) is 1.12. The minimum absolute atomic E-state index is 0.390. The smallest absolute Gasteiger partial charge is 0.336 e. The van der Waals surface area contributed by atoms with Crippen molar-refractivity contribution in [3.8, 4) is 0 Å². The first-order chi connectivity index (χ1) is 4.12. The maximum absolute atomic E-state index is 9.14. The number of hydrogen-bond acceptors (Lipinski definition) is 2. The molecule has 3 heteroatoms. The molecule has 54 valence electrons. The standard InChI is InChI=1S/C6H14O2Si/c1-3-5-9(7,8)6-4-2/h3,7-8H,1,4-6H2,2H3. The van der Waals surface area contributed by atoms with Crippen LogP contribution in [0, 0.1) is 0 Å². The van der Waals surface area contributed by atoms with Crippen molar-refractivity contribution in [2.45, 2.75) is 25.4 Å². The van der Waals surface area contributed by atoms with Crippen molar-refractivity contribution in [2.24, 2.45) is 0 Å². The molecular formula is C6H14O2Si. The predicted octanol–water partition coefficient (Wildman–Crippen LogP) is 1.01. The van der Waals surface area contributed by atoms with E-state index in [1.165, 1.54) is 0 Å². The van der Waals surface area contributed by atoms with Crippen molar-refractivity contribution >= 4 is 8.56 Å². The molecule has 0 aromatic heterocycles. The maximum atomic E-state index is 9.14. The highest BCUT2D eigenvalue weighted by Gasteiger charge is 2.24. The van der Waals surface area contributed by atoms with Crippen LogP contribution in [0.25, 0.3) is 0 Å². The lowest BCUT2D eigenvalue weighted by Gasteiger charge is -2.13. The van der Waals surface area contributed by atoms with Gasteiger partial charge >= 0.3 is 8.56 Å². The van der Waals surface area contributed by atoms with Crippen molar-refractivity contribution in [1.82, 2.24) is 0 Å². The number of rotatable bonds is 4. The van der Waals surface area contributed by atoms with Crippen LogP contribution in [0.4, 0.5) is 0 Å². The van der Waals surface area contributed by atoms with Crippen molar-refractivity contribution in [3.63, 3.8) is 0 Å². The van der Waals surface area contributed by atoms with Gasteiger partial charge in [-0.25, -0.2) is 0 Å². The Hall–Kier alpha value is -0.123. The Kier molecular flexibility index (Phi) is 3.77. The topological polar surface area (TPSA) is 40.5 Å². The third-order valence-corrected chi connectivity index (χ3v) is 3.36. The van der Waals surface area contributed by atoms with Crippen LogP contribution < -0.4 is 0 Å². The van der Waals surface area contributed by atoms with E-state index in [9.17, 15) is 0 Å². The van der Waals surface area contributed by atoms with Gasteiger partial charge in [0.25, 0.3) is 0 Å². The summed E-state index contributed by atoms with van der Waals surface area (Å²) in [5.41, 5.74) is 0. The highest BCUT2D eigenvalue weighted by molar-refractivity contribution is 6.65. The molecule has 0 rings (SSSR count). The van der Waals surface area contributed by atoms with Crippen LogP contribution in [-0.4, -0.2) is 18.2 Å². The molecule has 0 fully saturated rings. The Morgan fingerprint density at radius 1 is 1.56 bits per heavy atom. The molecule has 2 nitrogen and oxygen atoms in total. The van der Waals surface area contributed by atoms with Gasteiger partial charge in [0.2, 0.25) is 0 Å². The fourth-order valence-electron chi connectivity index (χ4n) is 0.734. The summed E-state index contributed by atoms with van der Waals surface area (Å²) >= 11 is 0. The monoisotopic (exact) mass is 146 g/mol. The van der Waals surface area contributed by atoms with Gasteiger partial charge in [-0.3, -0.25) is 0 Å². The van der Waals surface area contributed by atoms with Gasteiger partial charge < -0.3 is 9.59 Å². The first-order valence-electron chi connectivity index (χ1n) is 3.18. The number of allylic oxidation sites excluding steroid dienone is 1. The molecule has 0 aliphatic heterocycles. The average Bonchev–Trinajstić information content (AvgIpc) is 1.64.